The number of nitrogens with zero attached hydrogens (tertiary/aromatic N) is 8. The summed E-state index contributed by atoms with van der Waals surface area (Å²) in [5, 5.41) is 27.0. The number of hydrogen-bond acceptors (Lipinski definition) is 8. The molecule has 2 N–H and O–H groups in total. The van der Waals surface area contributed by atoms with E-state index in [1.807, 2.05) is 84.9 Å². The third kappa shape index (κ3) is 7.02. The zero-order chi connectivity index (χ0) is 36.3. The van der Waals surface area contributed by atoms with E-state index in [-0.39, 0.29) is 56.7 Å². The molecule has 0 spiro atoms. The fourth-order valence-electron chi connectivity index (χ4n) is 7.20. The molecule has 2 fully saturated rings. The zero-order valence-electron chi connectivity index (χ0n) is 28.8. The Labute approximate surface area is 305 Å². The summed E-state index contributed by atoms with van der Waals surface area (Å²) in [4.78, 5) is 50.7. The normalized spacial score (nSPS) is 17.6. The Kier molecular flexibility index (Phi) is 9.21. The number of fused-ring (bicyclic) bond motifs is 2. The number of aromatic hydroxyl groups is 1. The minimum atomic E-state index is -0.903. The number of carbonyl (C=O) groups is 3. The molecule has 4 heterocycles. The van der Waals surface area contributed by atoms with Crippen LogP contribution >= 0.6 is 0 Å². The molecule has 4 amide bonds. The predicted octanol–water partition coefficient (Wildman–Crippen LogP) is 4.27. The van der Waals surface area contributed by atoms with Gasteiger partial charge in [-0.3, -0.25) is 14.6 Å². The third-order valence-electron chi connectivity index (χ3n) is 9.74. The number of phenolic OH excluding ortho intramolecular Hbond substituents is 1. The highest BCUT2D eigenvalue weighted by Crippen LogP contribution is 2.31. The van der Waals surface area contributed by atoms with Crippen LogP contribution in [0.1, 0.15) is 22.4 Å². The van der Waals surface area contributed by atoms with E-state index in [0.29, 0.717) is 5.69 Å². The molecule has 53 heavy (non-hydrogen) atoms. The van der Waals surface area contributed by atoms with Crippen LogP contribution in [0.4, 0.5) is 4.79 Å². The van der Waals surface area contributed by atoms with Crippen LogP contribution in [0.15, 0.2) is 128 Å². The standard InChI is InChI=1S/C40H37N9O4/c50-34-15-13-28(14-16-34)21-36-39(52)45(23-31-11-6-10-30-9-4-5-12-35(30)31)26-37-48(36)38(51)27-46(49(37)40(53)42-22-29-7-2-1-3-8-29)24-32-25-47(44-43-32)33-17-19-41-20-18-33/h1-20,25,36-37,50H,21-24,26-27H2,(H,42,53)/t36-,37-/m0/s1. The second-order valence-electron chi connectivity index (χ2n) is 13.2. The first kappa shape index (κ1) is 33.5. The lowest BCUT2D eigenvalue weighted by Crippen LogP contribution is -2.76. The van der Waals surface area contributed by atoms with E-state index in [2.05, 4.69) is 20.6 Å². The van der Waals surface area contributed by atoms with Gasteiger partial charge < -0.3 is 20.2 Å². The fourth-order valence-corrected chi connectivity index (χ4v) is 7.20. The molecular formula is C40H37N9O4. The average molecular weight is 708 g/mol. The van der Waals surface area contributed by atoms with Crippen molar-refractivity contribution in [3.8, 4) is 11.4 Å². The van der Waals surface area contributed by atoms with Crippen LogP contribution in [0.25, 0.3) is 16.5 Å². The van der Waals surface area contributed by atoms with E-state index < -0.39 is 18.2 Å². The van der Waals surface area contributed by atoms with Gasteiger partial charge in [0.2, 0.25) is 11.8 Å². The molecular weight excluding hydrogens is 670 g/mol. The molecule has 2 saturated heterocycles. The summed E-state index contributed by atoms with van der Waals surface area (Å²) < 4.78 is 1.62. The van der Waals surface area contributed by atoms with E-state index in [1.54, 1.807) is 67.4 Å². The molecule has 2 aliphatic heterocycles. The van der Waals surface area contributed by atoms with E-state index in [4.69, 9.17) is 0 Å². The van der Waals surface area contributed by atoms with E-state index in [0.717, 1.165) is 33.2 Å². The van der Waals surface area contributed by atoms with Gasteiger partial charge in [-0.05, 0) is 51.7 Å². The molecule has 13 heteroatoms. The lowest BCUT2D eigenvalue weighted by atomic mass is 9.97. The van der Waals surface area contributed by atoms with Crippen molar-refractivity contribution < 1.29 is 19.5 Å². The first-order valence-electron chi connectivity index (χ1n) is 17.4. The average Bonchev–Trinajstić information content (AvgIpc) is 3.66. The van der Waals surface area contributed by atoms with Gasteiger partial charge in [0, 0.05) is 31.9 Å². The molecule has 4 aromatic carbocycles. The highest BCUT2D eigenvalue weighted by Gasteiger charge is 2.51. The summed E-state index contributed by atoms with van der Waals surface area (Å²) in [6.45, 7) is 0.571. The predicted molar refractivity (Wildman–Crippen MR) is 196 cm³/mol. The highest BCUT2D eigenvalue weighted by molar-refractivity contribution is 5.92. The molecule has 6 aromatic rings. The molecule has 2 atom stereocenters. The number of pyridine rings is 1. The summed E-state index contributed by atoms with van der Waals surface area (Å²) in [5.41, 5.74) is 3.96. The monoisotopic (exact) mass is 707 g/mol. The largest absolute Gasteiger partial charge is 0.508 e. The van der Waals surface area contributed by atoms with Gasteiger partial charge >= 0.3 is 6.03 Å². The molecule has 0 bridgehead atoms. The van der Waals surface area contributed by atoms with Crippen molar-refractivity contribution in [2.75, 3.05) is 13.1 Å². The first-order valence-corrected chi connectivity index (χ1v) is 17.4. The summed E-state index contributed by atoms with van der Waals surface area (Å²) >= 11 is 0. The number of aromatic nitrogens is 4. The Balaban J connectivity index is 1.16. The second-order valence-corrected chi connectivity index (χ2v) is 13.2. The van der Waals surface area contributed by atoms with Crippen LogP contribution in [0, 0.1) is 0 Å². The van der Waals surface area contributed by atoms with Crippen LogP contribution in [-0.4, -0.2) is 88.0 Å². The number of hydrazine groups is 1. The van der Waals surface area contributed by atoms with Crippen LogP contribution in [0.5, 0.6) is 5.75 Å². The topological polar surface area (TPSA) is 140 Å². The van der Waals surface area contributed by atoms with Crippen molar-refractivity contribution in [3.63, 3.8) is 0 Å². The smallest absolute Gasteiger partial charge is 0.334 e. The number of rotatable bonds is 9. The van der Waals surface area contributed by atoms with Crippen molar-refractivity contribution >= 4 is 28.6 Å². The van der Waals surface area contributed by atoms with Crippen molar-refractivity contribution in [1.82, 2.24) is 45.1 Å². The Morgan fingerprint density at radius 3 is 2.40 bits per heavy atom. The minimum absolute atomic E-state index is 0.0822. The molecule has 0 aliphatic carbocycles. The minimum Gasteiger partial charge on any atom is -0.508 e. The van der Waals surface area contributed by atoms with Crippen LogP contribution in [-0.2, 0) is 35.6 Å². The van der Waals surface area contributed by atoms with Crippen molar-refractivity contribution in [2.45, 2.75) is 38.3 Å². The van der Waals surface area contributed by atoms with Gasteiger partial charge in [0.1, 0.15) is 18.0 Å². The highest BCUT2D eigenvalue weighted by atomic mass is 16.3. The first-order chi connectivity index (χ1) is 25.9. The van der Waals surface area contributed by atoms with Crippen molar-refractivity contribution in [3.05, 3.63) is 150 Å². The molecule has 266 valence electrons. The molecule has 2 aromatic heterocycles. The van der Waals surface area contributed by atoms with E-state index in [1.165, 1.54) is 0 Å². The Bertz CT molecular complexity index is 2240. The number of carbonyl (C=O) groups excluding carboxylic acids is 3. The fraction of sp³-hybridized carbons (Fsp3) is 0.200. The molecule has 13 nitrogen and oxygen atoms in total. The molecule has 2 aliphatic rings. The maximum atomic E-state index is 14.6. The lowest BCUT2D eigenvalue weighted by molar-refractivity contribution is -0.192. The molecule has 0 unspecified atom stereocenters. The van der Waals surface area contributed by atoms with Crippen LogP contribution in [0.3, 0.4) is 0 Å². The number of urea groups is 1. The Hall–Kier alpha value is -6.60. The number of amides is 4. The van der Waals surface area contributed by atoms with Gasteiger partial charge in [-0.1, -0.05) is 90.1 Å². The lowest BCUT2D eigenvalue weighted by Gasteiger charge is -2.55. The SMILES string of the molecule is O=C1[C@H](Cc2ccc(O)cc2)N2C(=O)CN(Cc3cn(-c4ccncc4)nn3)N(C(=O)NCc3ccccc3)[C@H]2CN1Cc1cccc2ccccc12. The van der Waals surface area contributed by atoms with Gasteiger partial charge in [-0.25, -0.2) is 14.5 Å². The zero-order valence-corrected chi connectivity index (χ0v) is 28.8. The quantitative estimate of drug-likeness (QED) is 0.227. The third-order valence-corrected chi connectivity index (χ3v) is 9.74. The number of phenols is 1. The van der Waals surface area contributed by atoms with E-state index >= 15 is 0 Å². The van der Waals surface area contributed by atoms with Gasteiger partial charge in [-0.2, -0.15) is 5.01 Å². The van der Waals surface area contributed by atoms with Crippen molar-refractivity contribution in [2.24, 2.45) is 0 Å². The Morgan fingerprint density at radius 2 is 1.58 bits per heavy atom. The van der Waals surface area contributed by atoms with Crippen molar-refractivity contribution in [1.29, 1.82) is 0 Å². The maximum Gasteiger partial charge on any atom is 0.334 e. The Morgan fingerprint density at radius 1 is 0.830 bits per heavy atom. The second kappa shape index (κ2) is 14.6. The number of hydrogen-bond donors (Lipinski definition) is 2. The summed E-state index contributed by atoms with van der Waals surface area (Å²) in [6.07, 6.45) is 4.45. The molecule has 8 rings (SSSR count). The number of piperazine rings is 1. The molecule has 0 radical (unpaired) electrons. The van der Waals surface area contributed by atoms with Gasteiger partial charge in [0.15, 0.2) is 0 Å². The van der Waals surface area contributed by atoms with Gasteiger partial charge in [-0.15, -0.1) is 5.10 Å². The summed E-state index contributed by atoms with van der Waals surface area (Å²) in [7, 11) is 0. The van der Waals surface area contributed by atoms with Gasteiger partial charge in [0.25, 0.3) is 0 Å². The maximum absolute atomic E-state index is 14.6. The molecule has 0 saturated carbocycles. The number of nitrogens with one attached hydrogen (secondary N) is 1. The van der Waals surface area contributed by atoms with Crippen LogP contribution in [0.2, 0.25) is 0 Å². The number of benzene rings is 4. The van der Waals surface area contributed by atoms with Crippen LogP contribution < -0.4 is 5.32 Å². The van der Waals surface area contributed by atoms with Gasteiger partial charge in [0.05, 0.1) is 37.2 Å². The summed E-state index contributed by atoms with van der Waals surface area (Å²) in [6, 6.07) is 32.6. The van der Waals surface area contributed by atoms with E-state index in [9.17, 15) is 19.5 Å². The summed E-state index contributed by atoms with van der Waals surface area (Å²) in [5.74, 6) is -0.398.